The van der Waals surface area contributed by atoms with Crippen LogP contribution in [0.5, 0.6) is 0 Å². The number of guanidine groups is 1. The zero-order chi connectivity index (χ0) is 18.2. The van der Waals surface area contributed by atoms with E-state index in [1.54, 1.807) is 6.26 Å². The molecule has 1 saturated heterocycles. The highest BCUT2D eigenvalue weighted by Crippen LogP contribution is 2.24. The Morgan fingerprint density at radius 2 is 2.15 bits per heavy atom. The molecule has 0 saturated carbocycles. The van der Waals surface area contributed by atoms with Crippen molar-refractivity contribution in [2.24, 2.45) is 4.99 Å². The zero-order valence-electron chi connectivity index (χ0n) is 16.2. The Hall–Kier alpha value is -1.22. The second kappa shape index (κ2) is 11.6. The molecule has 2 N–H and O–H groups in total. The quantitative estimate of drug-likeness (QED) is 0.333. The van der Waals surface area contributed by atoms with Gasteiger partial charge in [0.15, 0.2) is 5.96 Å². The van der Waals surface area contributed by atoms with E-state index >= 15 is 0 Å². The van der Waals surface area contributed by atoms with Gasteiger partial charge in [0.1, 0.15) is 5.76 Å². The van der Waals surface area contributed by atoms with Crippen molar-refractivity contribution >= 4 is 46.3 Å². The first-order chi connectivity index (χ1) is 12.7. The Morgan fingerprint density at radius 3 is 2.78 bits per heavy atom. The van der Waals surface area contributed by atoms with Gasteiger partial charge in [-0.1, -0.05) is 6.92 Å². The molecule has 7 heteroatoms. The number of piperidine rings is 1. The van der Waals surface area contributed by atoms with Gasteiger partial charge >= 0.3 is 0 Å². The molecule has 1 aliphatic rings. The SMILES string of the molecule is CCC(C)NC(=NCCc1ccco1)NC1CCN(c2cccs2)CC1.I. The first kappa shape index (κ1) is 22.1. The van der Waals surface area contributed by atoms with E-state index in [0.29, 0.717) is 12.1 Å². The number of anilines is 1. The first-order valence-electron chi connectivity index (χ1n) is 9.63. The molecule has 0 aliphatic carbocycles. The van der Waals surface area contributed by atoms with Crippen LogP contribution >= 0.6 is 35.3 Å². The summed E-state index contributed by atoms with van der Waals surface area (Å²) < 4.78 is 5.40. The third-order valence-corrected chi connectivity index (χ3v) is 5.79. The number of hydrogen-bond donors (Lipinski definition) is 2. The smallest absolute Gasteiger partial charge is 0.191 e. The normalized spacial score (nSPS) is 16.7. The minimum absolute atomic E-state index is 0. The Balaban J connectivity index is 0.00000261. The van der Waals surface area contributed by atoms with E-state index in [0.717, 1.165) is 57.0 Å². The molecule has 0 amide bonds. The van der Waals surface area contributed by atoms with Crippen LogP contribution in [0.3, 0.4) is 0 Å². The van der Waals surface area contributed by atoms with Gasteiger partial charge in [0.05, 0.1) is 11.3 Å². The minimum Gasteiger partial charge on any atom is -0.469 e. The molecular formula is C20H31IN4OS. The van der Waals surface area contributed by atoms with Gasteiger partial charge in [0.25, 0.3) is 0 Å². The molecule has 3 rings (SSSR count). The monoisotopic (exact) mass is 502 g/mol. The molecule has 1 atom stereocenters. The second-order valence-corrected chi connectivity index (χ2v) is 7.80. The van der Waals surface area contributed by atoms with Crippen molar-refractivity contribution in [3.63, 3.8) is 0 Å². The second-order valence-electron chi connectivity index (χ2n) is 6.87. The fraction of sp³-hybridized carbons (Fsp3) is 0.550. The zero-order valence-corrected chi connectivity index (χ0v) is 19.3. The molecule has 0 spiro atoms. The molecule has 150 valence electrons. The number of rotatable bonds is 7. The molecule has 27 heavy (non-hydrogen) atoms. The molecule has 0 bridgehead atoms. The minimum atomic E-state index is 0. The van der Waals surface area contributed by atoms with Gasteiger partial charge in [0.2, 0.25) is 0 Å². The maximum Gasteiger partial charge on any atom is 0.191 e. The highest BCUT2D eigenvalue weighted by atomic mass is 127. The van der Waals surface area contributed by atoms with Crippen molar-refractivity contribution in [3.8, 4) is 0 Å². The van der Waals surface area contributed by atoms with Crippen LogP contribution in [0.4, 0.5) is 5.00 Å². The van der Waals surface area contributed by atoms with E-state index in [1.807, 2.05) is 23.5 Å². The third-order valence-electron chi connectivity index (χ3n) is 4.86. The van der Waals surface area contributed by atoms with Gasteiger partial charge in [-0.2, -0.15) is 0 Å². The van der Waals surface area contributed by atoms with E-state index < -0.39 is 0 Å². The fourth-order valence-corrected chi connectivity index (χ4v) is 3.87. The number of furan rings is 1. The van der Waals surface area contributed by atoms with Crippen LogP contribution in [0, 0.1) is 0 Å². The number of hydrogen-bond acceptors (Lipinski definition) is 4. The van der Waals surface area contributed by atoms with Crippen molar-refractivity contribution in [2.75, 3.05) is 24.5 Å². The van der Waals surface area contributed by atoms with E-state index in [9.17, 15) is 0 Å². The van der Waals surface area contributed by atoms with Crippen LogP contribution in [-0.4, -0.2) is 37.7 Å². The average molecular weight is 502 g/mol. The van der Waals surface area contributed by atoms with Gasteiger partial charge in [-0.05, 0) is 55.8 Å². The molecule has 1 unspecified atom stereocenters. The van der Waals surface area contributed by atoms with Crippen molar-refractivity contribution in [1.29, 1.82) is 0 Å². The van der Waals surface area contributed by atoms with Crippen molar-refractivity contribution in [1.82, 2.24) is 10.6 Å². The van der Waals surface area contributed by atoms with Crippen LogP contribution in [0.15, 0.2) is 45.3 Å². The summed E-state index contributed by atoms with van der Waals surface area (Å²) in [5.41, 5.74) is 0. The molecule has 2 aromatic rings. The Kier molecular flexibility index (Phi) is 9.47. The lowest BCUT2D eigenvalue weighted by molar-refractivity contribution is 0.458. The van der Waals surface area contributed by atoms with Crippen LogP contribution in [0.1, 0.15) is 38.9 Å². The van der Waals surface area contributed by atoms with Crippen molar-refractivity contribution in [2.45, 2.75) is 51.6 Å². The average Bonchev–Trinajstić information content (AvgIpc) is 3.36. The van der Waals surface area contributed by atoms with Gasteiger partial charge in [-0.15, -0.1) is 35.3 Å². The summed E-state index contributed by atoms with van der Waals surface area (Å²) in [5.74, 6) is 1.92. The molecule has 0 aromatic carbocycles. The molecule has 0 radical (unpaired) electrons. The Labute approximate surface area is 183 Å². The van der Waals surface area contributed by atoms with E-state index in [2.05, 4.69) is 46.9 Å². The molecule has 5 nitrogen and oxygen atoms in total. The third kappa shape index (κ3) is 7.03. The number of halogens is 1. The Morgan fingerprint density at radius 1 is 1.33 bits per heavy atom. The molecular weight excluding hydrogens is 471 g/mol. The Bertz CT molecular complexity index is 652. The standard InChI is InChI=1S/C20H30N4OS.HI/c1-3-16(2)22-20(21-11-8-18-6-4-14-25-18)23-17-9-12-24(13-10-17)19-7-5-15-26-19;/h4-7,14-17H,3,8-13H2,1-2H3,(H2,21,22,23);1H. The van der Waals surface area contributed by atoms with Gasteiger partial charge in [-0.25, -0.2) is 0 Å². The predicted molar refractivity (Wildman–Crippen MR) is 126 cm³/mol. The predicted octanol–water partition coefficient (Wildman–Crippen LogP) is 4.50. The maximum absolute atomic E-state index is 5.40. The van der Waals surface area contributed by atoms with Crippen LogP contribution in [0.2, 0.25) is 0 Å². The summed E-state index contributed by atoms with van der Waals surface area (Å²) in [6, 6.07) is 9.16. The molecule has 1 aliphatic heterocycles. The summed E-state index contributed by atoms with van der Waals surface area (Å²) in [7, 11) is 0. The lowest BCUT2D eigenvalue weighted by atomic mass is 10.1. The van der Waals surface area contributed by atoms with Gasteiger partial charge in [-0.3, -0.25) is 4.99 Å². The summed E-state index contributed by atoms with van der Waals surface area (Å²) in [6.45, 7) is 7.32. The van der Waals surface area contributed by atoms with E-state index in [1.165, 1.54) is 5.00 Å². The topological polar surface area (TPSA) is 52.8 Å². The van der Waals surface area contributed by atoms with Gasteiger partial charge < -0.3 is 20.0 Å². The number of nitrogens with one attached hydrogen (secondary N) is 2. The summed E-state index contributed by atoms with van der Waals surface area (Å²) in [5, 5.41) is 10.7. The largest absolute Gasteiger partial charge is 0.469 e. The number of thiophene rings is 1. The van der Waals surface area contributed by atoms with Crippen molar-refractivity contribution < 1.29 is 4.42 Å². The molecule has 1 fully saturated rings. The lowest BCUT2D eigenvalue weighted by Gasteiger charge is -2.34. The number of aliphatic imine (C=N–C) groups is 1. The maximum atomic E-state index is 5.40. The van der Waals surface area contributed by atoms with E-state index in [4.69, 9.17) is 9.41 Å². The highest BCUT2D eigenvalue weighted by Gasteiger charge is 2.21. The van der Waals surface area contributed by atoms with Crippen LogP contribution in [0.25, 0.3) is 0 Å². The summed E-state index contributed by atoms with van der Waals surface area (Å²) in [4.78, 5) is 7.26. The summed E-state index contributed by atoms with van der Waals surface area (Å²) in [6.07, 6.45) is 5.90. The van der Waals surface area contributed by atoms with E-state index in [-0.39, 0.29) is 24.0 Å². The summed E-state index contributed by atoms with van der Waals surface area (Å²) >= 11 is 1.83. The highest BCUT2D eigenvalue weighted by molar-refractivity contribution is 14.0. The lowest BCUT2D eigenvalue weighted by Crippen LogP contribution is -2.50. The van der Waals surface area contributed by atoms with Crippen LogP contribution < -0.4 is 15.5 Å². The fourth-order valence-electron chi connectivity index (χ4n) is 3.09. The molecule has 3 heterocycles. The van der Waals surface area contributed by atoms with Gasteiger partial charge in [0, 0.05) is 38.1 Å². The molecule has 2 aromatic heterocycles. The van der Waals surface area contributed by atoms with Crippen LogP contribution in [-0.2, 0) is 6.42 Å². The van der Waals surface area contributed by atoms with Crippen molar-refractivity contribution in [3.05, 3.63) is 41.7 Å². The number of nitrogens with zero attached hydrogens (tertiary/aromatic N) is 2. The first-order valence-corrected chi connectivity index (χ1v) is 10.5.